The third kappa shape index (κ3) is 3.81. The van der Waals surface area contributed by atoms with E-state index in [0.717, 1.165) is 33.4 Å². The van der Waals surface area contributed by atoms with Crippen molar-refractivity contribution in [2.45, 2.75) is 0 Å². The van der Waals surface area contributed by atoms with Crippen molar-refractivity contribution >= 4 is 34.1 Å². The Hall–Kier alpha value is -4.18. The normalized spacial score (nSPS) is 11.1. The Kier molecular flexibility index (Phi) is 5.42. The van der Waals surface area contributed by atoms with Crippen molar-refractivity contribution in [3.8, 4) is 33.4 Å². The predicted molar refractivity (Wildman–Crippen MR) is 148 cm³/mol. The van der Waals surface area contributed by atoms with Crippen LogP contribution in [0.5, 0.6) is 0 Å². The van der Waals surface area contributed by atoms with Gasteiger partial charge < -0.3 is 10.0 Å². The molecule has 6 aromatic rings. The summed E-state index contributed by atoms with van der Waals surface area (Å²) in [6.07, 6.45) is 0. The smallest absolute Gasteiger partial charge is 0.423 e. The van der Waals surface area contributed by atoms with Crippen LogP contribution in [-0.4, -0.2) is 17.2 Å². The number of hydrogen-bond donors (Lipinski definition) is 2. The highest BCUT2D eigenvalue weighted by Crippen LogP contribution is 2.37. The standard InChI is InChI=1S/C32H23BO2/c34-33(35)32-30(22-10-3-1-4-11-22)20-25(21-31(32)23-12-5-2-6-13-23)27-16-9-17-28-26-15-8-7-14-24(26)18-19-29(27)28/h1-21,34-35H. The van der Waals surface area contributed by atoms with Crippen LogP contribution in [0.3, 0.4) is 0 Å². The molecule has 35 heavy (non-hydrogen) atoms. The Labute approximate surface area is 204 Å². The van der Waals surface area contributed by atoms with Gasteiger partial charge in [-0.05, 0) is 72.5 Å². The van der Waals surface area contributed by atoms with Crippen molar-refractivity contribution in [1.29, 1.82) is 0 Å². The van der Waals surface area contributed by atoms with Crippen LogP contribution in [0, 0.1) is 0 Å². The maximum atomic E-state index is 10.5. The van der Waals surface area contributed by atoms with Gasteiger partial charge in [-0.2, -0.15) is 0 Å². The molecule has 0 unspecified atom stereocenters. The fraction of sp³-hybridized carbons (Fsp3) is 0. The lowest BCUT2D eigenvalue weighted by atomic mass is 9.70. The Morgan fingerprint density at radius 2 is 0.971 bits per heavy atom. The summed E-state index contributed by atoms with van der Waals surface area (Å²) in [4.78, 5) is 0. The first kappa shape index (κ1) is 21.4. The molecule has 3 heteroatoms. The minimum absolute atomic E-state index is 0.511. The zero-order valence-corrected chi connectivity index (χ0v) is 19.1. The van der Waals surface area contributed by atoms with Gasteiger partial charge >= 0.3 is 7.12 Å². The monoisotopic (exact) mass is 450 g/mol. The van der Waals surface area contributed by atoms with Crippen molar-refractivity contribution in [3.05, 3.63) is 127 Å². The van der Waals surface area contributed by atoms with Crippen LogP contribution in [0.2, 0.25) is 0 Å². The van der Waals surface area contributed by atoms with E-state index < -0.39 is 7.12 Å². The Balaban J connectivity index is 1.69. The molecule has 2 nitrogen and oxygen atoms in total. The van der Waals surface area contributed by atoms with Crippen LogP contribution in [0.15, 0.2) is 127 Å². The minimum atomic E-state index is -1.61. The zero-order chi connectivity index (χ0) is 23.8. The fourth-order valence-corrected chi connectivity index (χ4v) is 5.09. The van der Waals surface area contributed by atoms with Crippen LogP contribution in [0.4, 0.5) is 0 Å². The van der Waals surface area contributed by atoms with Gasteiger partial charge in [-0.1, -0.05) is 115 Å². The van der Waals surface area contributed by atoms with Crippen LogP contribution in [0.25, 0.3) is 54.9 Å². The summed E-state index contributed by atoms with van der Waals surface area (Å²) in [6, 6.07) is 43.3. The zero-order valence-electron chi connectivity index (χ0n) is 19.1. The first-order chi connectivity index (χ1) is 17.2. The molecule has 0 aromatic heterocycles. The van der Waals surface area contributed by atoms with Gasteiger partial charge in [0.2, 0.25) is 0 Å². The topological polar surface area (TPSA) is 40.5 Å². The molecular formula is C32H23BO2. The fourth-order valence-electron chi connectivity index (χ4n) is 5.09. The Morgan fingerprint density at radius 3 is 1.60 bits per heavy atom. The van der Waals surface area contributed by atoms with E-state index in [1.165, 1.54) is 21.5 Å². The molecule has 6 rings (SSSR count). The lowest BCUT2D eigenvalue weighted by molar-refractivity contribution is 0.426. The molecule has 0 heterocycles. The van der Waals surface area contributed by atoms with E-state index in [0.29, 0.717) is 5.46 Å². The quantitative estimate of drug-likeness (QED) is 0.233. The van der Waals surface area contributed by atoms with Crippen molar-refractivity contribution in [2.75, 3.05) is 0 Å². The summed E-state index contributed by atoms with van der Waals surface area (Å²) < 4.78 is 0. The summed E-state index contributed by atoms with van der Waals surface area (Å²) in [7, 11) is -1.61. The van der Waals surface area contributed by atoms with Crippen molar-refractivity contribution in [1.82, 2.24) is 0 Å². The van der Waals surface area contributed by atoms with Crippen molar-refractivity contribution < 1.29 is 10.0 Å². The maximum absolute atomic E-state index is 10.5. The highest BCUT2D eigenvalue weighted by atomic mass is 16.4. The molecule has 0 aliphatic rings. The largest absolute Gasteiger partial charge is 0.489 e. The van der Waals surface area contributed by atoms with Gasteiger partial charge in [-0.25, -0.2) is 0 Å². The number of rotatable bonds is 4. The van der Waals surface area contributed by atoms with Crippen molar-refractivity contribution in [3.63, 3.8) is 0 Å². The first-order valence-corrected chi connectivity index (χ1v) is 11.8. The van der Waals surface area contributed by atoms with Crippen molar-refractivity contribution in [2.24, 2.45) is 0 Å². The van der Waals surface area contributed by atoms with Crippen LogP contribution in [-0.2, 0) is 0 Å². The molecule has 0 aliphatic heterocycles. The predicted octanol–water partition coefficient (Wildman–Crippen LogP) is 6.67. The average Bonchev–Trinajstić information content (AvgIpc) is 2.92. The number of hydrogen-bond acceptors (Lipinski definition) is 2. The highest BCUT2D eigenvalue weighted by molar-refractivity contribution is 6.62. The van der Waals surface area contributed by atoms with Gasteiger partial charge in [-0.3, -0.25) is 0 Å². The average molecular weight is 450 g/mol. The second-order valence-electron chi connectivity index (χ2n) is 8.78. The summed E-state index contributed by atoms with van der Waals surface area (Å²) in [6.45, 7) is 0. The molecule has 0 bridgehead atoms. The Bertz CT molecular complexity index is 1600. The summed E-state index contributed by atoms with van der Waals surface area (Å²) in [5.41, 5.74) is 6.18. The van der Waals surface area contributed by atoms with E-state index in [9.17, 15) is 10.0 Å². The molecule has 0 amide bonds. The lowest BCUT2D eigenvalue weighted by Gasteiger charge is -2.19. The molecule has 0 saturated heterocycles. The van der Waals surface area contributed by atoms with Gasteiger partial charge in [0.15, 0.2) is 0 Å². The first-order valence-electron chi connectivity index (χ1n) is 11.8. The molecule has 0 spiro atoms. The second kappa shape index (κ2) is 8.88. The number of fused-ring (bicyclic) bond motifs is 3. The SMILES string of the molecule is OB(O)c1c(-c2ccccc2)cc(-c2cccc3c2ccc2ccccc23)cc1-c1ccccc1. The van der Waals surface area contributed by atoms with E-state index in [2.05, 4.69) is 66.7 Å². The molecule has 166 valence electrons. The third-order valence-electron chi connectivity index (χ3n) is 6.71. The van der Waals surface area contributed by atoms with E-state index in [1.54, 1.807) is 0 Å². The maximum Gasteiger partial charge on any atom is 0.489 e. The van der Waals surface area contributed by atoms with E-state index in [-0.39, 0.29) is 0 Å². The molecule has 2 N–H and O–H groups in total. The van der Waals surface area contributed by atoms with E-state index in [4.69, 9.17) is 0 Å². The molecular weight excluding hydrogens is 427 g/mol. The van der Waals surface area contributed by atoms with E-state index >= 15 is 0 Å². The second-order valence-corrected chi connectivity index (χ2v) is 8.78. The third-order valence-corrected chi connectivity index (χ3v) is 6.71. The number of benzene rings is 6. The Morgan fingerprint density at radius 1 is 0.400 bits per heavy atom. The van der Waals surface area contributed by atoms with Gasteiger partial charge in [0.1, 0.15) is 0 Å². The lowest BCUT2D eigenvalue weighted by Crippen LogP contribution is -2.33. The molecule has 0 aliphatic carbocycles. The molecule has 0 radical (unpaired) electrons. The molecule has 0 atom stereocenters. The molecule has 6 aromatic carbocycles. The van der Waals surface area contributed by atoms with Crippen LogP contribution < -0.4 is 5.46 Å². The van der Waals surface area contributed by atoms with Gasteiger partial charge in [0.25, 0.3) is 0 Å². The minimum Gasteiger partial charge on any atom is -0.423 e. The summed E-state index contributed by atoms with van der Waals surface area (Å²) in [5, 5.41) is 25.8. The molecule has 0 fully saturated rings. The molecule has 0 saturated carbocycles. The highest BCUT2D eigenvalue weighted by Gasteiger charge is 2.24. The van der Waals surface area contributed by atoms with E-state index in [1.807, 2.05) is 60.7 Å². The summed E-state index contributed by atoms with van der Waals surface area (Å²) >= 11 is 0. The van der Waals surface area contributed by atoms with Gasteiger partial charge in [0.05, 0.1) is 0 Å². The summed E-state index contributed by atoms with van der Waals surface area (Å²) in [5.74, 6) is 0. The van der Waals surface area contributed by atoms with Gasteiger partial charge in [-0.15, -0.1) is 0 Å². The van der Waals surface area contributed by atoms with Crippen LogP contribution in [0.1, 0.15) is 0 Å². The van der Waals surface area contributed by atoms with Crippen LogP contribution >= 0.6 is 0 Å². The van der Waals surface area contributed by atoms with Gasteiger partial charge in [0, 0.05) is 0 Å².